The molecule has 3 heteroatoms. The van der Waals surface area contributed by atoms with E-state index in [-0.39, 0.29) is 0 Å². The Morgan fingerprint density at radius 3 is 3.19 bits per heavy atom. The lowest BCUT2D eigenvalue weighted by atomic mass is 9.90. The van der Waals surface area contributed by atoms with E-state index in [2.05, 4.69) is 57.9 Å². The zero-order chi connectivity index (χ0) is 11.1. The highest BCUT2D eigenvalue weighted by Crippen LogP contribution is 2.37. The number of halogens is 1. The van der Waals surface area contributed by atoms with Crippen LogP contribution >= 0.6 is 22.6 Å². The van der Waals surface area contributed by atoms with Crippen molar-refractivity contribution in [1.82, 2.24) is 0 Å². The third kappa shape index (κ3) is 1.79. The predicted octanol–water partition coefficient (Wildman–Crippen LogP) is 3.32. The topological polar surface area (TPSA) is 15.3 Å². The first kappa shape index (κ1) is 10.7. The van der Waals surface area contributed by atoms with Gasteiger partial charge in [-0.25, -0.2) is 0 Å². The van der Waals surface area contributed by atoms with Crippen LogP contribution in [-0.4, -0.2) is 19.1 Å². The summed E-state index contributed by atoms with van der Waals surface area (Å²) >= 11 is 2.38. The van der Waals surface area contributed by atoms with E-state index in [4.69, 9.17) is 0 Å². The summed E-state index contributed by atoms with van der Waals surface area (Å²) in [4.78, 5) is 2.60. The van der Waals surface area contributed by atoms with Crippen molar-refractivity contribution < 1.29 is 0 Å². The molecule has 2 nitrogen and oxygen atoms in total. The van der Waals surface area contributed by atoms with Crippen molar-refractivity contribution in [3.63, 3.8) is 0 Å². The number of nitrogens with one attached hydrogen (secondary N) is 1. The minimum Gasteiger partial charge on any atom is -0.381 e. The van der Waals surface area contributed by atoms with E-state index >= 15 is 0 Å². The van der Waals surface area contributed by atoms with Gasteiger partial charge in [-0.2, -0.15) is 0 Å². The summed E-state index contributed by atoms with van der Waals surface area (Å²) in [6.45, 7) is 4.71. The van der Waals surface area contributed by atoms with Crippen LogP contribution in [0.4, 0.5) is 11.4 Å². The maximum atomic E-state index is 3.58. The molecule has 3 rings (SSSR count). The fourth-order valence-electron chi connectivity index (χ4n) is 2.89. The zero-order valence-corrected chi connectivity index (χ0v) is 11.7. The minimum absolute atomic E-state index is 0.705. The van der Waals surface area contributed by atoms with Gasteiger partial charge in [-0.15, -0.1) is 0 Å². The first-order chi connectivity index (χ1) is 7.74. The Morgan fingerprint density at radius 2 is 2.31 bits per heavy atom. The molecule has 0 radical (unpaired) electrons. The van der Waals surface area contributed by atoms with Crippen molar-refractivity contribution >= 4 is 34.0 Å². The first-order valence-electron chi connectivity index (χ1n) is 6.04. The summed E-state index contributed by atoms with van der Waals surface area (Å²) in [6.07, 6.45) is 2.67. The molecule has 1 fully saturated rings. The van der Waals surface area contributed by atoms with Crippen molar-refractivity contribution in [3.8, 4) is 0 Å². The van der Waals surface area contributed by atoms with E-state index in [9.17, 15) is 0 Å². The van der Waals surface area contributed by atoms with Crippen LogP contribution in [-0.2, 0) is 0 Å². The van der Waals surface area contributed by atoms with Gasteiger partial charge in [-0.3, -0.25) is 0 Å². The van der Waals surface area contributed by atoms with Crippen LogP contribution in [0.3, 0.4) is 0 Å². The Labute approximate surface area is 111 Å². The van der Waals surface area contributed by atoms with Gasteiger partial charge in [0, 0.05) is 22.7 Å². The Hall–Kier alpha value is -0.450. The average Bonchev–Trinajstić information content (AvgIpc) is 2.28. The summed E-state index contributed by atoms with van der Waals surface area (Å²) in [5, 5.41) is 3.58. The maximum Gasteiger partial charge on any atom is 0.0605 e. The number of anilines is 2. The molecular weight excluding hydrogens is 311 g/mol. The van der Waals surface area contributed by atoms with Crippen LogP contribution in [0.15, 0.2) is 18.2 Å². The average molecular weight is 328 g/mol. The highest BCUT2D eigenvalue weighted by Gasteiger charge is 2.30. The van der Waals surface area contributed by atoms with Crippen LogP contribution in [0.2, 0.25) is 0 Å². The van der Waals surface area contributed by atoms with E-state index < -0.39 is 0 Å². The molecule has 2 atom stereocenters. The molecular formula is C13H17IN2. The molecule has 0 aliphatic carbocycles. The van der Waals surface area contributed by atoms with Crippen LogP contribution < -0.4 is 10.2 Å². The number of hydrogen-bond donors (Lipinski definition) is 1. The fraction of sp³-hybridized carbons (Fsp3) is 0.538. The molecule has 0 amide bonds. The summed E-state index contributed by atoms with van der Waals surface area (Å²) in [6, 6.07) is 7.44. The largest absolute Gasteiger partial charge is 0.381 e. The molecule has 16 heavy (non-hydrogen) atoms. The van der Waals surface area contributed by atoms with E-state index in [1.807, 2.05) is 0 Å². The number of nitrogens with zero attached hydrogens (tertiary/aromatic N) is 1. The Balaban J connectivity index is 1.94. The number of fused-ring (bicyclic) bond motifs is 3. The van der Waals surface area contributed by atoms with E-state index in [1.54, 1.807) is 0 Å². The normalized spacial score (nSPS) is 28.0. The van der Waals surface area contributed by atoms with Gasteiger partial charge in [-0.1, -0.05) is 6.92 Å². The van der Waals surface area contributed by atoms with Crippen molar-refractivity contribution in [2.24, 2.45) is 5.92 Å². The quantitative estimate of drug-likeness (QED) is 0.735. The van der Waals surface area contributed by atoms with Gasteiger partial charge in [0.25, 0.3) is 0 Å². The zero-order valence-electron chi connectivity index (χ0n) is 9.54. The second-order valence-corrected chi connectivity index (χ2v) is 6.26. The third-order valence-corrected chi connectivity index (χ3v) is 4.45. The van der Waals surface area contributed by atoms with Crippen molar-refractivity contribution in [2.75, 3.05) is 23.3 Å². The molecule has 1 N–H and O–H groups in total. The van der Waals surface area contributed by atoms with Crippen molar-refractivity contribution in [2.45, 2.75) is 25.8 Å². The van der Waals surface area contributed by atoms with E-state index in [0.29, 0.717) is 6.04 Å². The molecule has 2 unspecified atom stereocenters. The molecule has 1 aromatic rings. The molecule has 2 aliphatic heterocycles. The smallest absolute Gasteiger partial charge is 0.0605 e. The van der Waals surface area contributed by atoms with Gasteiger partial charge in [0.05, 0.1) is 11.4 Å². The maximum absolute atomic E-state index is 3.58. The highest BCUT2D eigenvalue weighted by atomic mass is 127. The van der Waals surface area contributed by atoms with Gasteiger partial charge in [0.2, 0.25) is 0 Å². The van der Waals surface area contributed by atoms with E-state index in [1.165, 1.54) is 34.3 Å². The first-order valence-corrected chi connectivity index (χ1v) is 7.12. The fourth-order valence-corrected chi connectivity index (χ4v) is 3.38. The molecule has 0 aromatic heterocycles. The highest BCUT2D eigenvalue weighted by molar-refractivity contribution is 14.1. The number of benzene rings is 1. The van der Waals surface area contributed by atoms with Gasteiger partial charge in [-0.05, 0) is 59.5 Å². The molecule has 86 valence electrons. The summed E-state index contributed by atoms with van der Waals surface area (Å²) in [5.41, 5.74) is 2.72. The van der Waals surface area contributed by atoms with Gasteiger partial charge in [0.1, 0.15) is 0 Å². The number of piperidine rings is 1. The lowest BCUT2D eigenvalue weighted by molar-refractivity contribution is 0.367. The molecule has 0 spiro atoms. The van der Waals surface area contributed by atoms with Crippen LogP contribution in [0, 0.1) is 9.49 Å². The SMILES string of the molecule is CC1CCN2c3ccc(I)cc3NCC2C1. The Bertz CT molecular complexity index is 405. The van der Waals surface area contributed by atoms with Crippen molar-refractivity contribution in [1.29, 1.82) is 0 Å². The minimum atomic E-state index is 0.705. The van der Waals surface area contributed by atoms with Gasteiger partial charge >= 0.3 is 0 Å². The van der Waals surface area contributed by atoms with Gasteiger partial charge in [0.15, 0.2) is 0 Å². The van der Waals surface area contributed by atoms with Crippen LogP contribution in [0.5, 0.6) is 0 Å². The standard InChI is InChI=1S/C13H17IN2/c1-9-4-5-16-11(6-9)8-15-12-7-10(14)2-3-13(12)16/h2-3,7,9,11,15H,4-6,8H2,1H3. The molecule has 1 aromatic carbocycles. The second kappa shape index (κ2) is 4.09. The Kier molecular flexibility index (Phi) is 2.73. The van der Waals surface area contributed by atoms with E-state index in [0.717, 1.165) is 12.5 Å². The van der Waals surface area contributed by atoms with Gasteiger partial charge < -0.3 is 10.2 Å². The molecule has 1 saturated heterocycles. The van der Waals surface area contributed by atoms with Crippen molar-refractivity contribution in [3.05, 3.63) is 21.8 Å². The Morgan fingerprint density at radius 1 is 1.44 bits per heavy atom. The third-order valence-electron chi connectivity index (χ3n) is 3.77. The number of rotatable bonds is 0. The molecule has 0 bridgehead atoms. The van der Waals surface area contributed by atoms with Crippen LogP contribution in [0.1, 0.15) is 19.8 Å². The lowest BCUT2D eigenvalue weighted by Crippen LogP contribution is -2.48. The molecule has 0 saturated carbocycles. The lowest BCUT2D eigenvalue weighted by Gasteiger charge is -2.44. The predicted molar refractivity (Wildman–Crippen MR) is 77.2 cm³/mol. The summed E-state index contributed by atoms with van der Waals surface area (Å²) < 4.78 is 1.31. The molecule has 2 heterocycles. The summed E-state index contributed by atoms with van der Waals surface area (Å²) in [5.74, 6) is 0.883. The summed E-state index contributed by atoms with van der Waals surface area (Å²) in [7, 11) is 0. The second-order valence-electron chi connectivity index (χ2n) is 5.02. The molecule has 2 aliphatic rings. The number of hydrogen-bond acceptors (Lipinski definition) is 2. The van der Waals surface area contributed by atoms with Crippen LogP contribution in [0.25, 0.3) is 0 Å². The monoisotopic (exact) mass is 328 g/mol.